The molecule has 0 amide bonds. The molecule has 0 fully saturated rings. The lowest BCUT2D eigenvalue weighted by Crippen LogP contribution is -2.31. The molecular formula is C23H37N3S. The van der Waals surface area contributed by atoms with Crippen LogP contribution in [0.15, 0.2) is 24.4 Å². The van der Waals surface area contributed by atoms with Gasteiger partial charge >= 0.3 is 0 Å². The first-order valence-electron chi connectivity index (χ1n) is 10.4. The summed E-state index contributed by atoms with van der Waals surface area (Å²) in [5.41, 5.74) is 3.93. The van der Waals surface area contributed by atoms with Gasteiger partial charge < -0.3 is 10.2 Å². The molecule has 1 heterocycles. The highest BCUT2D eigenvalue weighted by molar-refractivity contribution is 7.15. The zero-order valence-corrected chi connectivity index (χ0v) is 19.0. The zero-order chi connectivity index (χ0) is 20.0. The molecule has 1 atom stereocenters. The van der Waals surface area contributed by atoms with E-state index in [9.17, 15) is 0 Å². The van der Waals surface area contributed by atoms with Crippen LogP contribution in [0.4, 0.5) is 16.4 Å². The maximum absolute atomic E-state index is 4.41. The van der Waals surface area contributed by atoms with Gasteiger partial charge in [0, 0.05) is 13.1 Å². The molecule has 0 saturated carbocycles. The number of rotatable bonds is 10. The van der Waals surface area contributed by atoms with Gasteiger partial charge in [0.15, 0.2) is 0 Å². The minimum absolute atomic E-state index is 0.580. The SMILES string of the molecule is CCCC(C)c1ccc(N(CC(C)C)CC(C)C)c(Nc2cnc(C)s2)c1. The van der Waals surface area contributed by atoms with Gasteiger partial charge in [-0.05, 0) is 48.8 Å². The Bertz CT molecular complexity index is 695. The average Bonchev–Trinajstić information content (AvgIpc) is 2.98. The van der Waals surface area contributed by atoms with Crippen LogP contribution in [0, 0.1) is 18.8 Å². The zero-order valence-electron chi connectivity index (χ0n) is 18.2. The van der Waals surface area contributed by atoms with Crippen LogP contribution >= 0.6 is 11.3 Å². The van der Waals surface area contributed by atoms with Crippen molar-refractivity contribution in [3.05, 3.63) is 35.0 Å². The molecule has 0 saturated heterocycles. The molecule has 1 aromatic heterocycles. The van der Waals surface area contributed by atoms with Crippen molar-refractivity contribution in [3.63, 3.8) is 0 Å². The van der Waals surface area contributed by atoms with Gasteiger partial charge in [0.2, 0.25) is 0 Å². The third-order valence-corrected chi connectivity index (χ3v) is 5.53. The Morgan fingerprint density at radius 2 is 1.74 bits per heavy atom. The average molecular weight is 388 g/mol. The van der Waals surface area contributed by atoms with E-state index in [1.54, 1.807) is 11.3 Å². The van der Waals surface area contributed by atoms with Crippen LogP contribution in [-0.2, 0) is 0 Å². The van der Waals surface area contributed by atoms with Gasteiger partial charge in [0.1, 0.15) is 5.00 Å². The van der Waals surface area contributed by atoms with E-state index in [0.29, 0.717) is 17.8 Å². The molecule has 3 nitrogen and oxygen atoms in total. The number of aryl methyl sites for hydroxylation is 1. The summed E-state index contributed by atoms with van der Waals surface area (Å²) in [4.78, 5) is 6.95. The highest BCUT2D eigenvalue weighted by atomic mass is 32.1. The van der Waals surface area contributed by atoms with Gasteiger partial charge in [-0.15, -0.1) is 11.3 Å². The molecule has 2 rings (SSSR count). The van der Waals surface area contributed by atoms with Crippen molar-refractivity contribution >= 4 is 27.7 Å². The largest absolute Gasteiger partial charge is 0.369 e. The van der Waals surface area contributed by atoms with Crippen LogP contribution in [0.5, 0.6) is 0 Å². The summed E-state index contributed by atoms with van der Waals surface area (Å²) in [7, 11) is 0. The van der Waals surface area contributed by atoms with Crippen molar-refractivity contribution in [2.75, 3.05) is 23.3 Å². The number of hydrogen-bond donors (Lipinski definition) is 1. The van der Waals surface area contributed by atoms with Gasteiger partial charge in [-0.3, -0.25) is 0 Å². The van der Waals surface area contributed by atoms with Crippen molar-refractivity contribution < 1.29 is 0 Å². The molecule has 0 aliphatic heterocycles. The maximum atomic E-state index is 4.41. The number of nitrogens with one attached hydrogen (secondary N) is 1. The summed E-state index contributed by atoms with van der Waals surface area (Å²) in [6.07, 6.45) is 4.38. The predicted molar refractivity (Wildman–Crippen MR) is 122 cm³/mol. The summed E-state index contributed by atoms with van der Waals surface area (Å²) in [6.45, 7) is 18.0. The molecule has 150 valence electrons. The Labute approximate surface area is 170 Å². The Morgan fingerprint density at radius 3 is 2.26 bits per heavy atom. The fourth-order valence-electron chi connectivity index (χ4n) is 3.54. The van der Waals surface area contributed by atoms with E-state index in [-0.39, 0.29) is 0 Å². The molecule has 0 aliphatic carbocycles. The summed E-state index contributed by atoms with van der Waals surface area (Å²) in [6, 6.07) is 7.01. The molecular weight excluding hydrogens is 350 g/mol. The van der Waals surface area contributed by atoms with Crippen LogP contribution in [0.2, 0.25) is 0 Å². The maximum Gasteiger partial charge on any atom is 0.113 e. The van der Waals surface area contributed by atoms with E-state index in [0.717, 1.165) is 23.1 Å². The molecule has 27 heavy (non-hydrogen) atoms. The van der Waals surface area contributed by atoms with Gasteiger partial charge in [-0.2, -0.15) is 0 Å². The predicted octanol–water partition coefficient (Wildman–Crippen LogP) is 7.22. The number of thiazole rings is 1. The normalized spacial score (nSPS) is 12.6. The van der Waals surface area contributed by atoms with Crippen LogP contribution in [0.1, 0.15) is 70.9 Å². The molecule has 1 N–H and O–H groups in total. The molecule has 0 spiro atoms. The van der Waals surface area contributed by atoms with Crippen molar-refractivity contribution in [2.24, 2.45) is 11.8 Å². The van der Waals surface area contributed by atoms with E-state index in [1.165, 1.54) is 29.8 Å². The van der Waals surface area contributed by atoms with Crippen LogP contribution in [0.25, 0.3) is 0 Å². The van der Waals surface area contributed by atoms with Crippen LogP contribution in [0.3, 0.4) is 0 Å². The molecule has 1 aromatic carbocycles. The van der Waals surface area contributed by atoms with E-state index < -0.39 is 0 Å². The molecule has 0 radical (unpaired) electrons. The first-order chi connectivity index (χ1) is 12.8. The first kappa shape index (κ1) is 21.7. The van der Waals surface area contributed by atoms with Crippen molar-refractivity contribution in [2.45, 2.75) is 67.2 Å². The van der Waals surface area contributed by atoms with E-state index in [2.05, 4.69) is 81.9 Å². The third kappa shape index (κ3) is 6.53. The van der Waals surface area contributed by atoms with E-state index in [4.69, 9.17) is 0 Å². The lowest BCUT2D eigenvalue weighted by Gasteiger charge is -2.31. The molecule has 2 aromatic rings. The summed E-state index contributed by atoms with van der Waals surface area (Å²) in [5.74, 6) is 1.83. The van der Waals surface area contributed by atoms with Crippen molar-refractivity contribution in [1.82, 2.24) is 4.98 Å². The second-order valence-corrected chi connectivity index (χ2v) is 9.76. The number of benzene rings is 1. The second-order valence-electron chi connectivity index (χ2n) is 8.53. The highest BCUT2D eigenvalue weighted by Gasteiger charge is 2.17. The number of hydrogen-bond acceptors (Lipinski definition) is 4. The monoisotopic (exact) mass is 387 g/mol. The minimum atomic E-state index is 0.580. The fraction of sp³-hybridized carbons (Fsp3) is 0.609. The summed E-state index contributed by atoms with van der Waals surface area (Å²) in [5, 5.41) is 5.88. The number of anilines is 3. The van der Waals surface area contributed by atoms with E-state index in [1.807, 2.05) is 6.20 Å². The Balaban J connectivity index is 2.42. The van der Waals surface area contributed by atoms with Gasteiger partial charge in [-0.1, -0.05) is 54.0 Å². The Morgan fingerprint density at radius 1 is 1.07 bits per heavy atom. The lowest BCUT2D eigenvalue weighted by molar-refractivity contribution is 0.553. The Hall–Kier alpha value is -1.55. The number of aromatic nitrogens is 1. The van der Waals surface area contributed by atoms with Crippen molar-refractivity contribution in [3.8, 4) is 0 Å². The smallest absolute Gasteiger partial charge is 0.113 e. The molecule has 1 unspecified atom stereocenters. The third-order valence-electron chi connectivity index (χ3n) is 4.70. The molecule has 0 aliphatic rings. The topological polar surface area (TPSA) is 28.2 Å². The number of nitrogens with zero attached hydrogens (tertiary/aromatic N) is 2. The molecule has 0 bridgehead atoms. The first-order valence-corrected chi connectivity index (χ1v) is 11.2. The fourth-order valence-corrected chi connectivity index (χ4v) is 4.23. The van der Waals surface area contributed by atoms with Crippen LogP contribution < -0.4 is 10.2 Å². The summed E-state index contributed by atoms with van der Waals surface area (Å²) >= 11 is 1.71. The van der Waals surface area contributed by atoms with Gasteiger partial charge in [-0.25, -0.2) is 4.98 Å². The lowest BCUT2D eigenvalue weighted by atomic mass is 9.95. The van der Waals surface area contributed by atoms with Crippen molar-refractivity contribution in [1.29, 1.82) is 0 Å². The minimum Gasteiger partial charge on any atom is -0.369 e. The highest BCUT2D eigenvalue weighted by Crippen LogP contribution is 2.35. The van der Waals surface area contributed by atoms with Gasteiger partial charge in [0.25, 0.3) is 0 Å². The summed E-state index contributed by atoms with van der Waals surface area (Å²) < 4.78 is 0. The van der Waals surface area contributed by atoms with E-state index >= 15 is 0 Å². The quantitative estimate of drug-likeness (QED) is 0.466. The molecule has 4 heteroatoms. The second kappa shape index (κ2) is 10.1. The Kier molecular flexibility index (Phi) is 8.15. The van der Waals surface area contributed by atoms with Crippen LogP contribution in [-0.4, -0.2) is 18.1 Å². The van der Waals surface area contributed by atoms with Gasteiger partial charge in [0.05, 0.1) is 22.6 Å². The standard InChI is InChI=1S/C23H37N3S/c1-8-9-18(6)20-10-11-22(26(14-16(2)3)15-17(4)5)21(12-20)25-23-13-24-19(7)27-23/h10-13,16-18,25H,8-9,14-15H2,1-7H3.